The lowest BCUT2D eigenvalue weighted by Crippen LogP contribution is -2.53. The van der Waals surface area contributed by atoms with Crippen LogP contribution in [0.1, 0.15) is 30.2 Å². The van der Waals surface area contributed by atoms with Crippen molar-refractivity contribution in [3.05, 3.63) is 47.2 Å². The maximum absolute atomic E-state index is 14.7. The minimum absolute atomic E-state index is 0.00306. The zero-order chi connectivity index (χ0) is 24.0. The number of rotatable bonds is 3. The SMILES string of the molecule is O=C(C1CCS(=O)(=O)CC1)N1CCN(c2cc(C(F)(F)F)on2)CC1c1cccc(F)c1F. The number of carbonyl (C=O) groups excluding carboxylic acids is 1. The molecule has 0 saturated carbocycles. The topological polar surface area (TPSA) is 83.7 Å². The highest BCUT2D eigenvalue weighted by atomic mass is 32.2. The van der Waals surface area contributed by atoms with E-state index >= 15 is 0 Å². The number of anilines is 1. The minimum atomic E-state index is -4.74. The molecule has 4 rings (SSSR count). The number of nitrogens with zero attached hydrogens (tertiary/aromatic N) is 3. The number of carbonyl (C=O) groups is 1. The van der Waals surface area contributed by atoms with Crippen molar-refractivity contribution in [2.45, 2.75) is 25.1 Å². The van der Waals surface area contributed by atoms with Crippen LogP contribution in [-0.2, 0) is 20.8 Å². The van der Waals surface area contributed by atoms with Gasteiger partial charge in [0.1, 0.15) is 9.84 Å². The lowest BCUT2D eigenvalue weighted by molar-refractivity contribution is -0.155. The fourth-order valence-electron chi connectivity index (χ4n) is 4.22. The molecule has 1 aromatic carbocycles. The molecular formula is C20H20F5N3O4S. The van der Waals surface area contributed by atoms with E-state index in [4.69, 9.17) is 0 Å². The Hall–Kier alpha value is -2.70. The molecule has 3 heterocycles. The molecule has 2 saturated heterocycles. The van der Waals surface area contributed by atoms with Crippen LogP contribution in [0.2, 0.25) is 0 Å². The molecule has 0 N–H and O–H groups in total. The van der Waals surface area contributed by atoms with Gasteiger partial charge in [-0.05, 0) is 18.9 Å². The number of halogens is 5. The number of hydrogen-bond acceptors (Lipinski definition) is 6. The molecule has 0 bridgehead atoms. The number of aromatic nitrogens is 1. The van der Waals surface area contributed by atoms with Gasteiger partial charge in [-0.15, -0.1) is 0 Å². The van der Waals surface area contributed by atoms with Crippen molar-refractivity contribution in [1.29, 1.82) is 0 Å². The first-order valence-corrected chi connectivity index (χ1v) is 12.0. The summed E-state index contributed by atoms with van der Waals surface area (Å²) in [6, 6.07) is 3.20. The standard InChI is InChI=1S/C20H20F5N3O4S/c21-14-3-1-2-13(18(14)22)15-11-27(17-10-16(32-26-17)20(23,24)25)6-7-28(15)19(29)12-4-8-33(30,31)9-5-12/h1-3,10,12,15H,4-9,11H2. The average Bonchev–Trinajstić information content (AvgIpc) is 3.26. The van der Waals surface area contributed by atoms with Crippen LogP contribution in [0.15, 0.2) is 28.8 Å². The van der Waals surface area contributed by atoms with Crippen molar-refractivity contribution in [3.8, 4) is 0 Å². The molecule has 2 fully saturated rings. The summed E-state index contributed by atoms with van der Waals surface area (Å²) in [6.45, 7) is -0.0775. The maximum atomic E-state index is 14.7. The third-order valence-electron chi connectivity index (χ3n) is 6.01. The second-order valence-corrected chi connectivity index (χ2v) is 10.4. The Morgan fingerprint density at radius 3 is 2.45 bits per heavy atom. The quantitative estimate of drug-likeness (QED) is 0.611. The van der Waals surface area contributed by atoms with Gasteiger partial charge in [0, 0.05) is 37.2 Å². The highest BCUT2D eigenvalue weighted by Crippen LogP contribution is 2.36. The van der Waals surface area contributed by atoms with E-state index < -0.39 is 51.3 Å². The van der Waals surface area contributed by atoms with Gasteiger partial charge >= 0.3 is 6.18 Å². The summed E-state index contributed by atoms with van der Waals surface area (Å²) in [6.07, 6.45) is -4.49. The Morgan fingerprint density at radius 1 is 1.12 bits per heavy atom. The molecule has 180 valence electrons. The summed E-state index contributed by atoms with van der Waals surface area (Å²) in [5, 5.41) is 3.44. The van der Waals surface area contributed by atoms with Crippen LogP contribution < -0.4 is 4.90 Å². The fourth-order valence-corrected chi connectivity index (χ4v) is 5.71. The molecule has 2 aliphatic heterocycles. The van der Waals surface area contributed by atoms with Gasteiger partial charge in [0.05, 0.1) is 17.5 Å². The molecule has 2 aliphatic rings. The van der Waals surface area contributed by atoms with Crippen molar-refractivity contribution < 1.29 is 39.7 Å². The summed E-state index contributed by atoms with van der Waals surface area (Å²) < 4.78 is 95.1. The molecule has 1 atom stereocenters. The summed E-state index contributed by atoms with van der Waals surface area (Å²) in [5.41, 5.74) is -0.129. The van der Waals surface area contributed by atoms with E-state index in [0.717, 1.165) is 6.07 Å². The lowest BCUT2D eigenvalue weighted by Gasteiger charge is -2.43. The lowest BCUT2D eigenvalue weighted by atomic mass is 9.96. The number of sulfone groups is 1. The fraction of sp³-hybridized carbons (Fsp3) is 0.500. The van der Waals surface area contributed by atoms with E-state index in [1.165, 1.54) is 21.9 Å². The average molecular weight is 493 g/mol. The molecule has 13 heteroatoms. The molecule has 1 unspecified atom stereocenters. The predicted molar refractivity (Wildman–Crippen MR) is 106 cm³/mol. The third kappa shape index (κ3) is 4.82. The highest BCUT2D eigenvalue weighted by Gasteiger charge is 2.41. The molecule has 0 radical (unpaired) electrons. The number of piperazine rings is 1. The second kappa shape index (κ2) is 8.58. The van der Waals surface area contributed by atoms with Crippen LogP contribution >= 0.6 is 0 Å². The van der Waals surface area contributed by atoms with Crippen LogP contribution in [0.3, 0.4) is 0 Å². The van der Waals surface area contributed by atoms with Crippen LogP contribution in [0.25, 0.3) is 0 Å². The Bertz CT molecular complexity index is 1140. The van der Waals surface area contributed by atoms with E-state index in [1.54, 1.807) is 0 Å². The smallest absolute Gasteiger partial charge is 0.350 e. The number of amides is 1. The van der Waals surface area contributed by atoms with Crippen molar-refractivity contribution in [3.63, 3.8) is 0 Å². The van der Waals surface area contributed by atoms with Gasteiger partial charge in [0.15, 0.2) is 17.5 Å². The van der Waals surface area contributed by atoms with Gasteiger partial charge in [-0.1, -0.05) is 17.3 Å². The van der Waals surface area contributed by atoms with Gasteiger partial charge in [0.2, 0.25) is 11.7 Å². The van der Waals surface area contributed by atoms with Gasteiger partial charge in [-0.3, -0.25) is 4.79 Å². The number of benzene rings is 1. The first-order chi connectivity index (χ1) is 15.5. The van der Waals surface area contributed by atoms with E-state index in [1.807, 2.05) is 0 Å². The molecule has 2 aromatic rings. The van der Waals surface area contributed by atoms with Crippen LogP contribution in [0.5, 0.6) is 0 Å². The van der Waals surface area contributed by atoms with Crippen molar-refractivity contribution in [1.82, 2.24) is 10.1 Å². The molecule has 7 nitrogen and oxygen atoms in total. The molecule has 0 spiro atoms. The Morgan fingerprint density at radius 2 is 1.82 bits per heavy atom. The molecular weight excluding hydrogens is 473 g/mol. The highest BCUT2D eigenvalue weighted by molar-refractivity contribution is 7.91. The summed E-state index contributed by atoms with van der Waals surface area (Å²) in [5.74, 6) is -4.99. The van der Waals surface area contributed by atoms with Gasteiger partial charge in [-0.25, -0.2) is 17.2 Å². The third-order valence-corrected chi connectivity index (χ3v) is 7.72. The van der Waals surface area contributed by atoms with Crippen LogP contribution in [0, 0.1) is 17.6 Å². The Labute approximate surface area is 186 Å². The first kappa shape index (κ1) is 23.5. The zero-order valence-electron chi connectivity index (χ0n) is 17.2. The zero-order valence-corrected chi connectivity index (χ0v) is 18.0. The second-order valence-electron chi connectivity index (χ2n) is 8.11. The minimum Gasteiger partial charge on any atom is -0.350 e. The normalized spacial score (nSPS) is 21.9. The Kier molecular flexibility index (Phi) is 6.10. The molecule has 0 aliphatic carbocycles. The van der Waals surface area contributed by atoms with Crippen molar-refractivity contribution in [2.75, 3.05) is 36.0 Å². The van der Waals surface area contributed by atoms with E-state index in [9.17, 15) is 35.2 Å². The summed E-state index contributed by atoms with van der Waals surface area (Å²) in [4.78, 5) is 16.0. The number of hydrogen-bond donors (Lipinski definition) is 0. The summed E-state index contributed by atoms with van der Waals surface area (Å²) in [7, 11) is -3.21. The maximum Gasteiger partial charge on any atom is 0.452 e. The molecule has 1 aromatic heterocycles. The molecule has 33 heavy (non-hydrogen) atoms. The van der Waals surface area contributed by atoms with E-state index in [2.05, 4.69) is 9.68 Å². The van der Waals surface area contributed by atoms with Gasteiger partial charge < -0.3 is 14.3 Å². The van der Waals surface area contributed by atoms with Gasteiger partial charge in [0.25, 0.3) is 0 Å². The largest absolute Gasteiger partial charge is 0.452 e. The van der Waals surface area contributed by atoms with Crippen molar-refractivity contribution >= 4 is 21.6 Å². The predicted octanol–water partition coefficient (Wildman–Crippen LogP) is 3.19. The molecule has 1 amide bonds. The Balaban J connectivity index is 1.63. The van der Waals surface area contributed by atoms with Crippen LogP contribution in [-0.4, -0.2) is 55.5 Å². The monoisotopic (exact) mass is 493 g/mol. The van der Waals surface area contributed by atoms with Gasteiger partial charge in [-0.2, -0.15) is 13.2 Å². The van der Waals surface area contributed by atoms with E-state index in [0.29, 0.717) is 6.07 Å². The van der Waals surface area contributed by atoms with Crippen molar-refractivity contribution in [2.24, 2.45) is 5.92 Å². The summed E-state index contributed by atoms with van der Waals surface area (Å²) >= 11 is 0. The van der Waals surface area contributed by atoms with Crippen LogP contribution in [0.4, 0.5) is 27.8 Å². The van der Waals surface area contributed by atoms with E-state index in [-0.39, 0.29) is 55.4 Å². The first-order valence-electron chi connectivity index (χ1n) is 10.2. The number of alkyl halides is 3.